The fraction of sp³-hybridized carbons (Fsp3) is 0.562. The number of carbonyl (C=O) groups excluding carboxylic acids is 1. The zero-order chi connectivity index (χ0) is 22.4. The summed E-state index contributed by atoms with van der Waals surface area (Å²) < 4.78 is 105. The normalized spacial score (nSPS) is 29.1. The van der Waals surface area contributed by atoms with Crippen LogP contribution in [-0.4, -0.2) is 47.2 Å². The van der Waals surface area contributed by atoms with Gasteiger partial charge in [-0.3, -0.25) is 10.1 Å². The molecular formula is C16H16F8N4O2. The Bertz CT molecular complexity index is 770. The summed E-state index contributed by atoms with van der Waals surface area (Å²) in [6.07, 6.45) is -17.5. The molecule has 6 nitrogen and oxygen atoms in total. The van der Waals surface area contributed by atoms with Crippen molar-refractivity contribution in [1.29, 1.82) is 0 Å². The number of rotatable bonds is 4. The molecule has 2 heterocycles. The maximum Gasteiger partial charge on any atom is 0.416 e. The Labute approximate surface area is 164 Å². The molecule has 2 fully saturated rings. The number of carbonyl (C=O) groups is 1. The fourth-order valence-corrected chi connectivity index (χ4v) is 3.61. The number of nitrogens with one attached hydrogen (secondary N) is 3. The average Bonchev–Trinajstić information content (AvgIpc) is 2.98. The number of halogens is 8. The summed E-state index contributed by atoms with van der Waals surface area (Å²) in [5, 5.41) is 14.6. The van der Waals surface area contributed by atoms with Crippen molar-refractivity contribution in [3.05, 3.63) is 35.4 Å². The maximum absolute atomic E-state index is 13.4. The van der Waals surface area contributed by atoms with Gasteiger partial charge in [0.05, 0.1) is 36.2 Å². The minimum Gasteiger partial charge on any atom is -0.361 e. The van der Waals surface area contributed by atoms with Crippen molar-refractivity contribution >= 4 is 5.91 Å². The number of aliphatic hydroxyl groups is 1. The van der Waals surface area contributed by atoms with Crippen molar-refractivity contribution in [2.75, 3.05) is 0 Å². The quantitative estimate of drug-likeness (QED) is 0.531. The van der Waals surface area contributed by atoms with Gasteiger partial charge in [0.15, 0.2) is 6.35 Å². The van der Waals surface area contributed by atoms with E-state index in [1.807, 2.05) is 5.32 Å². The molecule has 0 bridgehead atoms. The first-order valence-corrected chi connectivity index (χ1v) is 8.59. The van der Waals surface area contributed by atoms with Crippen LogP contribution < -0.4 is 16.1 Å². The SMILES string of the molecule is O=C1NC(O)NC2C1C(C(F)F)NN2[C@@H](CC(F)(F)F)c1ccc(C(F)(F)F)cc1. The lowest BCUT2D eigenvalue weighted by Crippen LogP contribution is -2.65. The molecule has 2 saturated heterocycles. The van der Waals surface area contributed by atoms with E-state index >= 15 is 0 Å². The third kappa shape index (κ3) is 4.66. The zero-order valence-corrected chi connectivity index (χ0v) is 14.8. The highest BCUT2D eigenvalue weighted by atomic mass is 19.4. The van der Waals surface area contributed by atoms with Crippen LogP contribution in [0.5, 0.6) is 0 Å². The van der Waals surface area contributed by atoms with Crippen LogP contribution in [0.25, 0.3) is 0 Å². The van der Waals surface area contributed by atoms with E-state index in [9.17, 15) is 45.0 Å². The summed E-state index contributed by atoms with van der Waals surface area (Å²) in [5.74, 6) is -2.57. The van der Waals surface area contributed by atoms with Gasteiger partial charge in [-0.2, -0.15) is 26.3 Å². The van der Waals surface area contributed by atoms with Crippen LogP contribution in [0.4, 0.5) is 35.1 Å². The average molecular weight is 448 g/mol. The van der Waals surface area contributed by atoms with Gasteiger partial charge in [0.1, 0.15) is 0 Å². The molecule has 1 aromatic carbocycles. The third-order valence-corrected chi connectivity index (χ3v) is 4.89. The van der Waals surface area contributed by atoms with Gasteiger partial charge in [0, 0.05) is 0 Å². The highest BCUT2D eigenvalue weighted by molar-refractivity contribution is 5.81. The van der Waals surface area contributed by atoms with Crippen molar-refractivity contribution in [3.63, 3.8) is 0 Å². The first-order valence-electron chi connectivity index (χ1n) is 8.59. The van der Waals surface area contributed by atoms with Crippen molar-refractivity contribution in [2.24, 2.45) is 5.92 Å². The van der Waals surface area contributed by atoms with Crippen LogP contribution in [0.3, 0.4) is 0 Å². The number of aliphatic hydroxyl groups excluding tert-OH is 1. The summed E-state index contributed by atoms with van der Waals surface area (Å²) >= 11 is 0. The molecule has 0 aromatic heterocycles. The predicted molar refractivity (Wildman–Crippen MR) is 84.2 cm³/mol. The molecule has 5 atom stereocenters. The van der Waals surface area contributed by atoms with Crippen LogP contribution in [0.1, 0.15) is 23.6 Å². The molecule has 0 radical (unpaired) electrons. The Hall–Kier alpha value is -2.03. The van der Waals surface area contributed by atoms with E-state index in [4.69, 9.17) is 0 Å². The Morgan fingerprint density at radius 2 is 1.67 bits per heavy atom. The lowest BCUT2D eigenvalue weighted by molar-refractivity contribution is -0.156. The van der Waals surface area contributed by atoms with Gasteiger partial charge in [-0.25, -0.2) is 19.2 Å². The number of amides is 1. The predicted octanol–water partition coefficient (Wildman–Crippen LogP) is 2.09. The first-order chi connectivity index (χ1) is 13.8. The molecule has 2 aliphatic rings. The summed E-state index contributed by atoms with van der Waals surface area (Å²) in [6.45, 7) is 0. The van der Waals surface area contributed by atoms with Crippen LogP contribution in [-0.2, 0) is 11.0 Å². The Balaban J connectivity index is 1.99. The van der Waals surface area contributed by atoms with Gasteiger partial charge in [0.25, 0.3) is 6.43 Å². The summed E-state index contributed by atoms with van der Waals surface area (Å²) in [7, 11) is 0. The monoisotopic (exact) mass is 448 g/mol. The molecule has 30 heavy (non-hydrogen) atoms. The maximum atomic E-state index is 13.4. The van der Waals surface area contributed by atoms with E-state index in [-0.39, 0.29) is 5.56 Å². The number of hydrazine groups is 1. The molecule has 1 amide bonds. The van der Waals surface area contributed by atoms with E-state index in [1.165, 1.54) is 0 Å². The third-order valence-electron chi connectivity index (χ3n) is 4.89. The molecule has 1 aromatic rings. The van der Waals surface area contributed by atoms with E-state index in [1.54, 1.807) is 0 Å². The van der Waals surface area contributed by atoms with E-state index in [0.717, 1.165) is 12.1 Å². The summed E-state index contributed by atoms with van der Waals surface area (Å²) in [6, 6.07) is -0.857. The first kappa shape index (κ1) is 22.7. The number of fused-ring (bicyclic) bond motifs is 1. The number of hydrogen-bond acceptors (Lipinski definition) is 5. The van der Waals surface area contributed by atoms with Gasteiger partial charge >= 0.3 is 12.4 Å². The van der Waals surface area contributed by atoms with Gasteiger partial charge in [-0.05, 0) is 17.7 Å². The summed E-state index contributed by atoms with van der Waals surface area (Å²) in [4.78, 5) is 12.1. The van der Waals surface area contributed by atoms with Crippen LogP contribution in [0.15, 0.2) is 24.3 Å². The van der Waals surface area contributed by atoms with Gasteiger partial charge in [0.2, 0.25) is 5.91 Å². The number of hydrogen-bond donors (Lipinski definition) is 4. The fourth-order valence-electron chi connectivity index (χ4n) is 3.61. The Morgan fingerprint density at radius 3 is 2.17 bits per heavy atom. The van der Waals surface area contributed by atoms with Crippen molar-refractivity contribution in [1.82, 2.24) is 21.1 Å². The van der Waals surface area contributed by atoms with E-state index in [2.05, 4.69) is 10.7 Å². The molecule has 0 saturated carbocycles. The lowest BCUT2D eigenvalue weighted by atomic mass is 9.94. The van der Waals surface area contributed by atoms with Crippen molar-refractivity contribution in [2.45, 2.75) is 49.8 Å². The largest absolute Gasteiger partial charge is 0.416 e. The Morgan fingerprint density at radius 1 is 1.07 bits per heavy atom. The van der Waals surface area contributed by atoms with Crippen LogP contribution in [0.2, 0.25) is 0 Å². The highest BCUT2D eigenvalue weighted by Crippen LogP contribution is 2.40. The molecule has 168 valence electrons. The zero-order valence-electron chi connectivity index (χ0n) is 14.8. The second-order valence-corrected chi connectivity index (χ2v) is 6.90. The van der Waals surface area contributed by atoms with E-state index < -0.39 is 67.2 Å². The molecule has 2 aliphatic heterocycles. The standard InChI is InChI=1S/C16H16F8N4O2/c17-11(18)10-9-12(25-14(30)26-13(9)29)28(27-10)8(5-15(19,20)21)6-1-3-7(4-2-6)16(22,23)24/h1-4,8-12,14,25,27,30H,5H2,(H,26,29)/t8-,9?,10?,12?,14?/m0/s1. The minimum absolute atomic E-state index is 0.247. The van der Waals surface area contributed by atoms with Crippen molar-refractivity contribution in [3.8, 4) is 0 Å². The molecule has 3 rings (SSSR count). The van der Waals surface area contributed by atoms with Crippen LogP contribution >= 0.6 is 0 Å². The lowest BCUT2D eigenvalue weighted by Gasteiger charge is -2.38. The minimum atomic E-state index is -4.82. The number of alkyl halides is 8. The topological polar surface area (TPSA) is 76.6 Å². The second-order valence-electron chi connectivity index (χ2n) is 6.90. The molecule has 14 heteroatoms. The molecule has 0 aliphatic carbocycles. The second kappa shape index (κ2) is 7.90. The van der Waals surface area contributed by atoms with Crippen LogP contribution in [0, 0.1) is 5.92 Å². The van der Waals surface area contributed by atoms with Gasteiger partial charge < -0.3 is 10.4 Å². The molecular weight excluding hydrogens is 432 g/mol. The smallest absolute Gasteiger partial charge is 0.361 e. The van der Waals surface area contributed by atoms with Gasteiger partial charge in [-0.1, -0.05) is 12.1 Å². The Kier molecular flexibility index (Phi) is 5.97. The number of nitrogens with zero attached hydrogens (tertiary/aromatic N) is 1. The molecule has 4 unspecified atom stereocenters. The molecule has 4 N–H and O–H groups in total. The number of benzene rings is 1. The van der Waals surface area contributed by atoms with Gasteiger partial charge in [-0.15, -0.1) is 0 Å². The summed E-state index contributed by atoms with van der Waals surface area (Å²) in [5.41, 5.74) is 0.833. The van der Waals surface area contributed by atoms with E-state index in [0.29, 0.717) is 17.1 Å². The van der Waals surface area contributed by atoms with Crippen molar-refractivity contribution < 1.29 is 45.0 Å². The highest BCUT2D eigenvalue weighted by Gasteiger charge is 2.55. The molecule has 0 spiro atoms.